The smallest absolute Gasteiger partial charge is 0.332 e. The maximum absolute atomic E-state index is 11.1. The minimum atomic E-state index is -1.32. The zero-order valence-corrected chi connectivity index (χ0v) is 11.7. The Morgan fingerprint density at radius 2 is 1.95 bits per heavy atom. The van der Waals surface area contributed by atoms with E-state index in [4.69, 9.17) is 28.3 Å². The van der Waals surface area contributed by atoms with Gasteiger partial charge in [-0.25, -0.2) is 9.78 Å². The first-order chi connectivity index (χ1) is 8.97. The van der Waals surface area contributed by atoms with E-state index >= 15 is 0 Å². The van der Waals surface area contributed by atoms with Gasteiger partial charge in [-0.2, -0.15) is 0 Å². The molecule has 2 amide bonds. The van der Waals surface area contributed by atoms with E-state index in [0.29, 0.717) is 0 Å². The number of carbonyl (C=O) groups excluding carboxylic acids is 2. The number of carboxylic acids is 1. The van der Waals surface area contributed by atoms with Crippen LogP contribution in [-0.4, -0.2) is 39.6 Å². The summed E-state index contributed by atoms with van der Waals surface area (Å²) >= 11 is 11.6. The zero-order chi connectivity index (χ0) is 14.4. The van der Waals surface area contributed by atoms with E-state index in [0.717, 1.165) is 11.3 Å². The lowest BCUT2D eigenvalue weighted by molar-refractivity contribution is -0.141. The Hall–Kier alpha value is -1.38. The molecule has 104 valence electrons. The van der Waals surface area contributed by atoms with E-state index in [1.165, 1.54) is 5.38 Å². The summed E-state index contributed by atoms with van der Waals surface area (Å²) in [7, 11) is 0. The molecule has 0 bridgehead atoms. The molecule has 0 aliphatic rings. The fourth-order valence-electron chi connectivity index (χ4n) is 1.09. The Labute approximate surface area is 121 Å². The molecule has 1 unspecified atom stereocenters. The first-order valence-corrected chi connectivity index (χ1v) is 6.82. The average molecular weight is 326 g/mol. The summed E-state index contributed by atoms with van der Waals surface area (Å²) in [6.07, 6.45) is 0. The third kappa shape index (κ3) is 4.66. The number of anilines is 1. The molecule has 10 heteroatoms. The van der Waals surface area contributed by atoms with E-state index in [1.54, 1.807) is 0 Å². The molecule has 0 aliphatic heterocycles. The number of carboxylic acid groups (broad SMARTS) is 1. The van der Waals surface area contributed by atoms with Crippen molar-refractivity contribution in [2.24, 2.45) is 0 Å². The summed E-state index contributed by atoms with van der Waals surface area (Å²) in [6, 6.07) is -1.32. The fourth-order valence-corrected chi connectivity index (χ4v) is 1.99. The quantitative estimate of drug-likeness (QED) is 0.670. The van der Waals surface area contributed by atoms with Crippen LogP contribution in [0.15, 0.2) is 5.38 Å². The van der Waals surface area contributed by atoms with Crippen LogP contribution in [0.25, 0.3) is 0 Å². The third-order valence-electron chi connectivity index (χ3n) is 1.86. The number of rotatable bonds is 6. The highest BCUT2D eigenvalue weighted by Gasteiger charge is 2.24. The normalized spacial score (nSPS) is 11.7. The molecule has 1 aromatic heterocycles. The van der Waals surface area contributed by atoms with Crippen LogP contribution in [0.3, 0.4) is 0 Å². The van der Waals surface area contributed by atoms with Crippen molar-refractivity contribution in [3.05, 3.63) is 11.1 Å². The lowest BCUT2D eigenvalue weighted by Gasteiger charge is -2.10. The number of halogens is 2. The molecule has 0 fully saturated rings. The second-order valence-electron chi connectivity index (χ2n) is 3.23. The van der Waals surface area contributed by atoms with Crippen LogP contribution >= 0.6 is 34.5 Å². The Balaban J connectivity index is 2.83. The number of alkyl halides is 2. The van der Waals surface area contributed by atoms with Gasteiger partial charge in [-0.05, 0) is 0 Å². The van der Waals surface area contributed by atoms with Crippen molar-refractivity contribution >= 4 is 57.5 Å². The average Bonchev–Trinajstić information content (AvgIpc) is 2.83. The molecule has 1 heterocycles. The monoisotopic (exact) mass is 325 g/mol. The van der Waals surface area contributed by atoms with E-state index in [-0.39, 0.29) is 22.6 Å². The molecule has 0 saturated carbocycles. The molecule has 0 saturated heterocycles. The van der Waals surface area contributed by atoms with Crippen molar-refractivity contribution in [2.45, 2.75) is 6.04 Å². The molecule has 1 atom stereocenters. The van der Waals surface area contributed by atoms with Crippen molar-refractivity contribution in [1.29, 1.82) is 0 Å². The van der Waals surface area contributed by atoms with Crippen molar-refractivity contribution in [2.75, 3.05) is 17.1 Å². The maximum Gasteiger partial charge on any atom is 0.332 e. The van der Waals surface area contributed by atoms with Crippen molar-refractivity contribution < 1.29 is 19.5 Å². The van der Waals surface area contributed by atoms with Crippen molar-refractivity contribution in [1.82, 2.24) is 10.3 Å². The van der Waals surface area contributed by atoms with Gasteiger partial charge in [0, 0.05) is 5.38 Å². The van der Waals surface area contributed by atoms with Crippen LogP contribution in [0, 0.1) is 0 Å². The van der Waals surface area contributed by atoms with Crippen LogP contribution in [0.1, 0.15) is 11.7 Å². The number of hydrogen-bond acceptors (Lipinski definition) is 5. The van der Waals surface area contributed by atoms with Gasteiger partial charge in [0.2, 0.25) is 11.8 Å². The van der Waals surface area contributed by atoms with Gasteiger partial charge in [-0.1, -0.05) is 0 Å². The van der Waals surface area contributed by atoms with E-state index in [1.807, 2.05) is 0 Å². The van der Waals surface area contributed by atoms with Gasteiger partial charge in [-0.3, -0.25) is 9.59 Å². The molecule has 0 radical (unpaired) electrons. The van der Waals surface area contributed by atoms with Crippen molar-refractivity contribution in [3.8, 4) is 0 Å². The number of amides is 2. The molecular formula is C9H9Cl2N3O4S. The van der Waals surface area contributed by atoms with Gasteiger partial charge in [0.05, 0.1) is 5.69 Å². The number of carbonyl (C=O) groups is 3. The lowest BCUT2D eigenvalue weighted by atomic mass is 10.2. The molecule has 7 nitrogen and oxygen atoms in total. The SMILES string of the molecule is O=C(CCl)Nc1nc(C(NC(=O)CCl)C(=O)O)cs1. The third-order valence-corrected chi connectivity index (χ3v) is 3.12. The molecule has 0 aromatic carbocycles. The number of aliphatic carboxylic acids is 1. The number of thiazole rings is 1. The second-order valence-corrected chi connectivity index (χ2v) is 4.62. The van der Waals surface area contributed by atoms with Gasteiger partial charge in [0.25, 0.3) is 0 Å². The van der Waals surface area contributed by atoms with E-state index < -0.39 is 23.8 Å². The standard InChI is InChI=1S/C9H9Cl2N3O4S/c10-1-5(15)13-7(8(17)18)4-3-19-9(12-4)14-6(16)2-11/h3,7H,1-2H2,(H,13,15)(H,17,18)(H,12,14,16). The van der Waals surface area contributed by atoms with Crippen molar-refractivity contribution in [3.63, 3.8) is 0 Å². The molecule has 3 N–H and O–H groups in total. The Morgan fingerprint density at radius 1 is 1.32 bits per heavy atom. The fraction of sp³-hybridized carbons (Fsp3) is 0.333. The minimum Gasteiger partial charge on any atom is -0.479 e. The molecular weight excluding hydrogens is 317 g/mol. The number of nitrogens with one attached hydrogen (secondary N) is 2. The molecule has 19 heavy (non-hydrogen) atoms. The highest BCUT2D eigenvalue weighted by molar-refractivity contribution is 7.14. The lowest BCUT2D eigenvalue weighted by Crippen LogP contribution is -2.34. The van der Waals surface area contributed by atoms with Gasteiger partial charge in [0.1, 0.15) is 11.8 Å². The van der Waals surface area contributed by atoms with Gasteiger partial charge in [-0.15, -0.1) is 34.5 Å². The molecule has 0 spiro atoms. The largest absolute Gasteiger partial charge is 0.479 e. The molecule has 1 aromatic rings. The Morgan fingerprint density at radius 3 is 2.47 bits per heavy atom. The maximum atomic E-state index is 11.1. The second kappa shape index (κ2) is 7.27. The van der Waals surface area contributed by atoms with E-state index in [9.17, 15) is 14.4 Å². The number of hydrogen-bond donors (Lipinski definition) is 3. The van der Waals surface area contributed by atoms with Crippen LogP contribution in [0.2, 0.25) is 0 Å². The minimum absolute atomic E-state index is 0.0980. The summed E-state index contributed by atoms with van der Waals surface area (Å²) in [6.45, 7) is 0. The van der Waals surface area contributed by atoms with Gasteiger partial charge >= 0.3 is 5.97 Å². The zero-order valence-electron chi connectivity index (χ0n) is 9.35. The highest BCUT2D eigenvalue weighted by Crippen LogP contribution is 2.21. The van der Waals surface area contributed by atoms with Crippen LogP contribution in [0.5, 0.6) is 0 Å². The summed E-state index contributed by atoms with van der Waals surface area (Å²) in [5.41, 5.74) is 0.0980. The van der Waals surface area contributed by atoms with Crippen LogP contribution in [0.4, 0.5) is 5.13 Å². The van der Waals surface area contributed by atoms with Crippen LogP contribution in [-0.2, 0) is 14.4 Å². The predicted octanol–water partition coefficient (Wildman–Crippen LogP) is 0.801. The number of aromatic nitrogens is 1. The summed E-state index contributed by atoms with van der Waals surface area (Å²) in [5, 5.41) is 15.2. The predicted molar refractivity (Wildman–Crippen MR) is 70.7 cm³/mol. The first-order valence-electron chi connectivity index (χ1n) is 4.87. The van der Waals surface area contributed by atoms with Gasteiger partial charge in [0.15, 0.2) is 11.2 Å². The summed E-state index contributed by atoms with van der Waals surface area (Å²) < 4.78 is 0. The summed E-state index contributed by atoms with van der Waals surface area (Å²) in [4.78, 5) is 37.1. The number of nitrogens with zero attached hydrogens (tertiary/aromatic N) is 1. The van der Waals surface area contributed by atoms with Crippen LogP contribution < -0.4 is 10.6 Å². The Bertz CT molecular complexity index is 494. The molecule has 0 aliphatic carbocycles. The highest BCUT2D eigenvalue weighted by atomic mass is 35.5. The first kappa shape index (κ1) is 15.7. The van der Waals surface area contributed by atoms with E-state index in [2.05, 4.69) is 15.6 Å². The summed E-state index contributed by atoms with van der Waals surface area (Å²) in [5.74, 6) is -2.96. The topological polar surface area (TPSA) is 108 Å². The Kier molecular flexibility index (Phi) is 6.00. The van der Waals surface area contributed by atoms with Gasteiger partial charge < -0.3 is 15.7 Å². The molecule has 1 rings (SSSR count).